The van der Waals surface area contributed by atoms with Gasteiger partial charge < -0.3 is 13.9 Å². The van der Waals surface area contributed by atoms with E-state index in [1.807, 2.05) is 32.2 Å². The summed E-state index contributed by atoms with van der Waals surface area (Å²) in [4.78, 5) is 32.0. The van der Waals surface area contributed by atoms with Crippen LogP contribution in [0.1, 0.15) is 286 Å². The minimum absolute atomic E-state index is 0.0651. The lowest BCUT2D eigenvalue weighted by molar-refractivity contribution is -0.180. The first kappa shape index (κ1) is 79.9. The number of fused-ring (bicyclic) bond motifs is 18. The number of rotatable bonds is 25. The maximum absolute atomic E-state index is 13.0. The smallest absolute Gasteiger partial charge is 0.336 e. The summed E-state index contributed by atoms with van der Waals surface area (Å²) in [5, 5.41) is 26.9. The van der Waals surface area contributed by atoms with Crippen LogP contribution in [0, 0.1) is 50.2 Å². The first-order valence-electron chi connectivity index (χ1n) is 45.9. The van der Waals surface area contributed by atoms with Gasteiger partial charge in [-0.15, -0.1) is 20.4 Å². The van der Waals surface area contributed by atoms with Crippen LogP contribution < -0.4 is 4.74 Å². The standard InChI is InChI=1S/C107H123N9O4/c1-17-23-24-25-26-27-28-37-88(120-97(117)67(7)22-6)118-74-46-42-70(43-47-74)69-38-40-71(41-39-69)87-58-108-96(119-87)73-45-49-78-84(55-73)107(104(52-20-4)63-100(13,14)65-105(107,53-21-5)66-101(15,16)64-104)92-90(78)110-91-89(109-92)77-48-44-72(54-83(77)106(91)102(50-18-2)59-98(9,10)61-103(106,51-19-3)62-99(11,12)60-102)93-112-114-95-82-57-79-75-33-29-31-35-85(75)115-68(8)111-113-94(115)81(79)56-80(82)76-34-30-32-36-86(76)116(93)95/h29-36,38-49,54-58,88H,7,17-28,37,50-53,59-66H2,1-6,8-16H3. The SMILES string of the molecule is C=C(CC)C(=O)OC(CCCCCCCCC)Oc1ccc(-c2ccc(-c3cnc(-c4ccc5c(c4)C4(c6nc7c(nc6-5)C5(c6cc(-c8nnc9c%10cc%11c%12ccccc%12n%12c(C)nnc%12c%11cc%10c%10ccccc%10n89)ccc6-7)C6(CCC)CC(C)(C)CC5(CCC)CC(C)(C)C6)C5(CCC)CC(C)(C)CC4(CCC)CC(C)(C)C5)o3)cc2)cc1. The van der Waals surface area contributed by atoms with Crippen molar-refractivity contribution in [1.82, 2.24) is 44.1 Å². The molecule has 4 bridgehead atoms. The number of benzene rings is 7. The zero-order chi connectivity index (χ0) is 83.5. The van der Waals surface area contributed by atoms with Gasteiger partial charge in [0.25, 0.3) is 0 Å². The molecule has 120 heavy (non-hydrogen) atoms. The van der Waals surface area contributed by atoms with Crippen molar-refractivity contribution in [3.63, 3.8) is 0 Å². The molecule has 0 N–H and O–H groups in total. The quantitative estimate of drug-likeness (QED) is 0.0134. The first-order valence-corrected chi connectivity index (χ1v) is 45.9. The van der Waals surface area contributed by atoms with E-state index in [9.17, 15) is 4.79 Å². The van der Waals surface area contributed by atoms with Gasteiger partial charge in [0.05, 0.1) is 50.8 Å². The average Bonchev–Trinajstić information content (AvgIpc) is 1.43. The minimum atomic E-state index is -0.688. The van der Waals surface area contributed by atoms with Crippen LogP contribution in [0.15, 0.2) is 168 Å². The van der Waals surface area contributed by atoms with E-state index < -0.39 is 23.1 Å². The molecule has 1 unspecified atom stereocenters. The molecule has 0 aliphatic heterocycles. The lowest BCUT2D eigenvalue weighted by Crippen LogP contribution is -2.68. The van der Waals surface area contributed by atoms with Gasteiger partial charge in [0.2, 0.25) is 12.2 Å². The van der Waals surface area contributed by atoms with E-state index in [4.69, 9.17) is 44.1 Å². The number of para-hydroxylation sites is 2. The number of ether oxygens (including phenoxy) is 2. The van der Waals surface area contributed by atoms with Gasteiger partial charge in [-0.25, -0.2) is 19.7 Å². The third kappa shape index (κ3) is 12.1. The van der Waals surface area contributed by atoms with Crippen molar-refractivity contribution in [2.24, 2.45) is 43.3 Å². The van der Waals surface area contributed by atoms with E-state index in [1.165, 1.54) is 65.7 Å². The maximum atomic E-state index is 13.0. The van der Waals surface area contributed by atoms with Crippen LogP contribution in [-0.2, 0) is 20.4 Å². The first-order chi connectivity index (χ1) is 57.7. The Morgan fingerprint density at radius 1 is 0.458 bits per heavy atom. The van der Waals surface area contributed by atoms with E-state index in [2.05, 4.69) is 244 Å². The molecule has 0 saturated heterocycles. The van der Waals surface area contributed by atoms with Crippen LogP contribution in [0.5, 0.6) is 5.75 Å². The maximum Gasteiger partial charge on any atom is 0.336 e. The Morgan fingerprint density at radius 2 is 0.892 bits per heavy atom. The van der Waals surface area contributed by atoms with Crippen LogP contribution >= 0.6 is 0 Å². The van der Waals surface area contributed by atoms with E-state index in [-0.39, 0.29) is 43.3 Å². The summed E-state index contributed by atoms with van der Waals surface area (Å²) >= 11 is 0. The lowest BCUT2D eigenvalue weighted by Gasteiger charge is -2.73. The Labute approximate surface area is 709 Å². The number of unbranched alkanes of at least 4 members (excludes halogenated alkanes) is 6. The molecule has 0 radical (unpaired) electrons. The van der Waals surface area contributed by atoms with Gasteiger partial charge in [0.15, 0.2) is 22.9 Å². The molecule has 6 aromatic heterocycles. The Morgan fingerprint density at radius 3 is 1.39 bits per heavy atom. The summed E-state index contributed by atoms with van der Waals surface area (Å²) in [5.74, 6) is 3.31. The zero-order valence-corrected chi connectivity index (χ0v) is 74.1. The fourth-order valence-electron chi connectivity index (χ4n) is 28.4. The highest BCUT2D eigenvalue weighted by molar-refractivity contribution is 6.22. The van der Waals surface area contributed by atoms with Crippen molar-refractivity contribution < 1.29 is 18.7 Å². The second kappa shape index (κ2) is 29.2. The molecule has 13 aromatic rings. The largest absolute Gasteiger partial charge is 0.455 e. The Hall–Kier alpha value is -9.88. The molecule has 620 valence electrons. The van der Waals surface area contributed by atoms with Crippen molar-refractivity contribution in [2.75, 3.05) is 0 Å². The molecule has 1 atom stereocenters. The zero-order valence-electron chi connectivity index (χ0n) is 74.1. The number of aromatic nitrogens is 9. The van der Waals surface area contributed by atoms with Crippen molar-refractivity contribution in [3.05, 3.63) is 192 Å². The molecule has 4 fully saturated rings. The van der Waals surface area contributed by atoms with E-state index >= 15 is 0 Å². The van der Waals surface area contributed by atoms with Crippen molar-refractivity contribution in [1.29, 1.82) is 0 Å². The number of hydrogen-bond acceptors (Lipinski definition) is 11. The van der Waals surface area contributed by atoms with Crippen molar-refractivity contribution in [3.8, 4) is 73.6 Å². The molecule has 13 heteroatoms. The molecule has 13 nitrogen and oxygen atoms in total. The number of esters is 1. The number of nitrogens with zero attached hydrogens (tertiary/aromatic N) is 9. The third-order valence-electron chi connectivity index (χ3n) is 30.2. The second-order valence-electron chi connectivity index (χ2n) is 41.3. The van der Waals surface area contributed by atoms with Gasteiger partial charge in [-0.2, -0.15) is 0 Å². The molecule has 6 aliphatic carbocycles. The minimum Gasteiger partial charge on any atom is -0.455 e. The average molecular weight is 1600 g/mol. The van der Waals surface area contributed by atoms with Crippen LogP contribution in [0.25, 0.3) is 122 Å². The van der Waals surface area contributed by atoms with Crippen LogP contribution in [0.2, 0.25) is 0 Å². The van der Waals surface area contributed by atoms with Gasteiger partial charge in [-0.1, -0.05) is 259 Å². The van der Waals surface area contributed by atoms with E-state index in [1.54, 1.807) is 0 Å². The summed E-state index contributed by atoms with van der Waals surface area (Å²) in [5.41, 5.74) is 17.9. The normalized spacial score (nSPS) is 24.1. The predicted molar refractivity (Wildman–Crippen MR) is 488 cm³/mol. The lowest BCUT2D eigenvalue weighted by atomic mass is 9.30. The monoisotopic (exact) mass is 1600 g/mol. The van der Waals surface area contributed by atoms with Gasteiger partial charge in [-0.3, -0.25) is 8.80 Å². The highest BCUT2D eigenvalue weighted by atomic mass is 16.7. The summed E-state index contributed by atoms with van der Waals surface area (Å²) < 4.78 is 24.0. The van der Waals surface area contributed by atoms with Gasteiger partial charge >= 0.3 is 5.97 Å². The highest BCUT2D eigenvalue weighted by Crippen LogP contribution is 2.84. The fourth-order valence-corrected chi connectivity index (χ4v) is 28.4. The molecule has 0 amide bonds. The molecular weight excluding hydrogens is 1480 g/mol. The fraction of sp³-hybridized carbons (Fsp3) is 0.477. The molecule has 2 spiro atoms. The highest BCUT2D eigenvalue weighted by Gasteiger charge is 2.78. The van der Waals surface area contributed by atoms with Gasteiger partial charge in [-0.05, 0) is 228 Å². The van der Waals surface area contributed by atoms with Crippen LogP contribution in [-0.4, -0.2) is 56.4 Å². The molecule has 6 aliphatic rings. The third-order valence-corrected chi connectivity index (χ3v) is 30.2. The number of hydrogen-bond donors (Lipinski definition) is 0. The number of pyridine rings is 2. The summed E-state index contributed by atoms with van der Waals surface area (Å²) in [6, 6.07) is 53.8. The van der Waals surface area contributed by atoms with Crippen LogP contribution in [0.3, 0.4) is 0 Å². The molecular formula is C107H123N9O4. The topological polar surface area (TPSA) is 148 Å². The van der Waals surface area contributed by atoms with E-state index in [0.717, 1.165) is 227 Å². The van der Waals surface area contributed by atoms with Gasteiger partial charge in [0.1, 0.15) is 11.6 Å². The Kier molecular flexibility index (Phi) is 19.4. The number of carbonyl (C=O) groups is 1. The predicted octanol–water partition coefficient (Wildman–Crippen LogP) is 28.5. The Balaban J connectivity index is 0.766. The molecule has 4 saturated carbocycles. The van der Waals surface area contributed by atoms with Crippen molar-refractivity contribution in [2.45, 2.75) is 281 Å². The molecule has 6 heterocycles. The van der Waals surface area contributed by atoms with Crippen LogP contribution in [0.4, 0.5) is 0 Å². The van der Waals surface area contributed by atoms with Gasteiger partial charge in [0, 0.05) is 61.4 Å². The summed E-state index contributed by atoms with van der Waals surface area (Å²) in [6.45, 7) is 40.9. The number of aryl methyl sites for hydroxylation is 1. The number of carbonyl (C=O) groups excluding carboxylic acids is 1. The van der Waals surface area contributed by atoms with Crippen molar-refractivity contribution >= 4 is 60.6 Å². The Bertz CT molecular complexity index is 6140. The number of oxazole rings is 1. The van der Waals surface area contributed by atoms with E-state index in [0.29, 0.717) is 30.1 Å². The molecule has 19 rings (SSSR count). The second-order valence-corrected chi connectivity index (χ2v) is 41.3. The summed E-state index contributed by atoms with van der Waals surface area (Å²) in [7, 11) is 0. The summed E-state index contributed by atoms with van der Waals surface area (Å²) in [6.07, 6.45) is 27.9. The molecule has 7 aromatic carbocycles.